The maximum atomic E-state index is 12.8. The number of benzene rings is 1. The standard InChI is InChI=1S/C20H27N5O2/c1-3-10-24(11-4-2)20(27)16-7-5-6-15(12-16)19(26)23-17-8-9-18-21-14-22-25(18)13-17/h5-7,12,14,17H,3-4,8-11,13H2,1-2H3,(H,23,26)/t17-/m1/s1. The Morgan fingerprint density at radius 2 is 1.96 bits per heavy atom. The molecule has 1 N–H and O–H groups in total. The fraction of sp³-hybridized carbons (Fsp3) is 0.500. The summed E-state index contributed by atoms with van der Waals surface area (Å²) in [7, 11) is 0. The van der Waals surface area contributed by atoms with Crippen LogP contribution >= 0.6 is 0 Å². The topological polar surface area (TPSA) is 80.1 Å². The van der Waals surface area contributed by atoms with Crippen molar-refractivity contribution in [3.05, 3.63) is 47.5 Å². The highest BCUT2D eigenvalue weighted by Crippen LogP contribution is 2.14. The molecule has 2 amide bonds. The number of hydrogen-bond donors (Lipinski definition) is 1. The zero-order valence-corrected chi connectivity index (χ0v) is 16.0. The lowest BCUT2D eigenvalue weighted by Crippen LogP contribution is -2.41. The molecule has 1 aliphatic heterocycles. The lowest BCUT2D eigenvalue weighted by molar-refractivity contribution is 0.0755. The number of aromatic nitrogens is 3. The quantitative estimate of drug-likeness (QED) is 0.812. The number of carbonyl (C=O) groups is 2. The highest BCUT2D eigenvalue weighted by molar-refractivity contribution is 5.99. The van der Waals surface area contributed by atoms with Gasteiger partial charge in [-0.2, -0.15) is 5.10 Å². The second kappa shape index (κ2) is 8.79. The van der Waals surface area contributed by atoms with E-state index in [0.717, 1.165) is 44.6 Å². The van der Waals surface area contributed by atoms with Crippen molar-refractivity contribution in [2.75, 3.05) is 13.1 Å². The molecule has 7 heteroatoms. The van der Waals surface area contributed by atoms with Crippen LogP contribution in [0.2, 0.25) is 0 Å². The zero-order valence-electron chi connectivity index (χ0n) is 16.0. The summed E-state index contributed by atoms with van der Waals surface area (Å²) in [4.78, 5) is 31.5. The number of nitrogens with one attached hydrogen (secondary N) is 1. The van der Waals surface area contributed by atoms with E-state index >= 15 is 0 Å². The van der Waals surface area contributed by atoms with Gasteiger partial charge in [0.1, 0.15) is 12.2 Å². The van der Waals surface area contributed by atoms with Crippen LogP contribution in [-0.2, 0) is 13.0 Å². The van der Waals surface area contributed by atoms with Gasteiger partial charge in [-0.15, -0.1) is 0 Å². The minimum atomic E-state index is -0.157. The molecule has 1 aromatic heterocycles. The molecular formula is C20H27N5O2. The number of aryl methyl sites for hydroxylation is 1. The Hall–Kier alpha value is -2.70. The molecule has 0 saturated heterocycles. The summed E-state index contributed by atoms with van der Waals surface area (Å²) in [6.45, 7) is 6.20. The summed E-state index contributed by atoms with van der Waals surface area (Å²) in [5, 5.41) is 7.24. The van der Waals surface area contributed by atoms with Gasteiger partial charge in [0.25, 0.3) is 11.8 Å². The molecule has 7 nitrogen and oxygen atoms in total. The monoisotopic (exact) mass is 369 g/mol. The summed E-state index contributed by atoms with van der Waals surface area (Å²) in [6, 6.07) is 7.01. The first-order valence-corrected chi connectivity index (χ1v) is 9.69. The number of carbonyl (C=O) groups excluding carboxylic acids is 2. The van der Waals surface area contributed by atoms with Gasteiger partial charge in [-0.25, -0.2) is 9.67 Å². The Morgan fingerprint density at radius 1 is 1.22 bits per heavy atom. The summed E-state index contributed by atoms with van der Waals surface area (Å²) < 4.78 is 1.84. The van der Waals surface area contributed by atoms with Gasteiger partial charge < -0.3 is 10.2 Å². The molecule has 0 saturated carbocycles. The maximum Gasteiger partial charge on any atom is 0.253 e. The van der Waals surface area contributed by atoms with Crippen LogP contribution in [0.5, 0.6) is 0 Å². The second-order valence-electron chi connectivity index (χ2n) is 6.94. The predicted octanol–water partition coefficient (Wildman–Crippen LogP) is 2.29. The van der Waals surface area contributed by atoms with Crippen molar-refractivity contribution >= 4 is 11.8 Å². The average Bonchev–Trinajstić information content (AvgIpc) is 3.15. The minimum absolute atomic E-state index is 0.0155. The van der Waals surface area contributed by atoms with Crippen molar-refractivity contribution in [3.8, 4) is 0 Å². The zero-order chi connectivity index (χ0) is 19.2. The van der Waals surface area contributed by atoms with Crippen molar-refractivity contribution in [2.45, 2.75) is 52.1 Å². The van der Waals surface area contributed by atoms with Crippen molar-refractivity contribution in [1.82, 2.24) is 25.0 Å². The van der Waals surface area contributed by atoms with Crippen molar-refractivity contribution in [3.63, 3.8) is 0 Å². The van der Waals surface area contributed by atoms with Gasteiger partial charge in [-0.1, -0.05) is 19.9 Å². The molecule has 0 bridgehead atoms. The molecule has 2 aromatic rings. The Bertz CT molecular complexity index is 795. The van der Waals surface area contributed by atoms with E-state index in [4.69, 9.17) is 0 Å². The van der Waals surface area contributed by atoms with E-state index in [1.165, 1.54) is 0 Å². The first-order valence-electron chi connectivity index (χ1n) is 9.69. The van der Waals surface area contributed by atoms with Crippen molar-refractivity contribution in [2.24, 2.45) is 0 Å². The van der Waals surface area contributed by atoms with Crippen molar-refractivity contribution < 1.29 is 9.59 Å². The fourth-order valence-corrected chi connectivity index (χ4v) is 3.45. The van der Waals surface area contributed by atoms with Crippen LogP contribution in [0.15, 0.2) is 30.6 Å². The number of amides is 2. The maximum absolute atomic E-state index is 12.8. The number of fused-ring (bicyclic) bond motifs is 1. The van der Waals surface area contributed by atoms with Gasteiger partial charge >= 0.3 is 0 Å². The van der Waals surface area contributed by atoms with E-state index in [1.807, 2.05) is 9.58 Å². The van der Waals surface area contributed by atoms with Crippen LogP contribution in [0.25, 0.3) is 0 Å². The van der Waals surface area contributed by atoms with Crippen LogP contribution in [0, 0.1) is 0 Å². The third kappa shape index (κ3) is 4.53. The van der Waals surface area contributed by atoms with Crippen LogP contribution < -0.4 is 5.32 Å². The van der Waals surface area contributed by atoms with Crippen LogP contribution in [-0.4, -0.2) is 50.6 Å². The van der Waals surface area contributed by atoms with Crippen LogP contribution in [0.3, 0.4) is 0 Å². The number of hydrogen-bond acceptors (Lipinski definition) is 4. The van der Waals surface area contributed by atoms with E-state index in [-0.39, 0.29) is 17.9 Å². The largest absolute Gasteiger partial charge is 0.347 e. The molecule has 3 rings (SSSR count). The highest BCUT2D eigenvalue weighted by atomic mass is 16.2. The van der Waals surface area contributed by atoms with E-state index in [0.29, 0.717) is 17.7 Å². The van der Waals surface area contributed by atoms with Gasteiger partial charge in [-0.05, 0) is 37.5 Å². The van der Waals surface area contributed by atoms with Gasteiger partial charge in [0, 0.05) is 36.7 Å². The fourth-order valence-electron chi connectivity index (χ4n) is 3.45. The number of nitrogens with zero attached hydrogens (tertiary/aromatic N) is 4. The molecular weight excluding hydrogens is 342 g/mol. The molecule has 0 fully saturated rings. The molecule has 0 aliphatic carbocycles. The van der Waals surface area contributed by atoms with Crippen molar-refractivity contribution in [1.29, 1.82) is 0 Å². The summed E-state index contributed by atoms with van der Waals surface area (Å²) >= 11 is 0. The Balaban J connectivity index is 1.67. The lowest BCUT2D eigenvalue weighted by Gasteiger charge is -2.24. The van der Waals surface area contributed by atoms with Crippen LogP contribution in [0.4, 0.5) is 0 Å². The molecule has 1 atom stereocenters. The third-order valence-corrected chi connectivity index (χ3v) is 4.79. The Kier molecular flexibility index (Phi) is 6.21. The Labute approximate surface area is 159 Å². The third-order valence-electron chi connectivity index (χ3n) is 4.79. The molecule has 2 heterocycles. The van der Waals surface area contributed by atoms with E-state index in [1.54, 1.807) is 30.6 Å². The average molecular weight is 369 g/mol. The number of rotatable bonds is 7. The molecule has 1 aliphatic rings. The molecule has 144 valence electrons. The van der Waals surface area contributed by atoms with Gasteiger partial charge in [0.05, 0.1) is 6.54 Å². The molecule has 0 spiro atoms. The summed E-state index contributed by atoms with van der Waals surface area (Å²) in [5.41, 5.74) is 1.07. The molecule has 0 radical (unpaired) electrons. The summed E-state index contributed by atoms with van der Waals surface area (Å²) in [6.07, 6.45) is 5.01. The minimum Gasteiger partial charge on any atom is -0.347 e. The van der Waals surface area contributed by atoms with E-state index in [2.05, 4.69) is 29.2 Å². The molecule has 27 heavy (non-hydrogen) atoms. The Morgan fingerprint density at radius 3 is 2.70 bits per heavy atom. The lowest BCUT2D eigenvalue weighted by atomic mass is 10.1. The van der Waals surface area contributed by atoms with E-state index < -0.39 is 0 Å². The van der Waals surface area contributed by atoms with Gasteiger partial charge in [0.2, 0.25) is 0 Å². The smallest absolute Gasteiger partial charge is 0.253 e. The normalized spacial score (nSPS) is 15.9. The summed E-state index contributed by atoms with van der Waals surface area (Å²) in [5.74, 6) is 0.786. The van der Waals surface area contributed by atoms with Gasteiger partial charge in [-0.3, -0.25) is 9.59 Å². The van der Waals surface area contributed by atoms with E-state index in [9.17, 15) is 9.59 Å². The SMILES string of the molecule is CCCN(CCC)C(=O)c1cccc(C(=O)N[C@@H]2CCc3ncnn3C2)c1. The highest BCUT2D eigenvalue weighted by Gasteiger charge is 2.22. The van der Waals surface area contributed by atoms with Gasteiger partial charge in [0.15, 0.2) is 0 Å². The molecule has 1 aromatic carbocycles. The first kappa shape index (κ1) is 19.1. The predicted molar refractivity (Wildman–Crippen MR) is 103 cm³/mol. The first-order chi connectivity index (χ1) is 13.1. The second-order valence-corrected chi connectivity index (χ2v) is 6.94. The molecule has 0 unspecified atom stereocenters. The van der Waals surface area contributed by atoms with Crippen LogP contribution in [0.1, 0.15) is 59.7 Å².